The van der Waals surface area contributed by atoms with E-state index in [4.69, 9.17) is 0 Å². The third kappa shape index (κ3) is 4.48. The average molecular weight is 322 g/mol. The first-order valence-corrected chi connectivity index (χ1v) is 7.12. The van der Waals surface area contributed by atoms with Gasteiger partial charge in [-0.05, 0) is 49.2 Å². The maximum atomic E-state index is 13.5. The smallest absolute Gasteiger partial charge is 0.226 e. The van der Waals surface area contributed by atoms with Crippen molar-refractivity contribution in [3.63, 3.8) is 0 Å². The lowest BCUT2D eigenvalue weighted by Gasteiger charge is -2.10. The van der Waals surface area contributed by atoms with Crippen LogP contribution in [0.2, 0.25) is 0 Å². The Kier molecular flexibility index (Phi) is 5.26. The van der Waals surface area contributed by atoms with Crippen LogP contribution in [0.1, 0.15) is 17.5 Å². The summed E-state index contributed by atoms with van der Waals surface area (Å²) in [5, 5.41) is 5.32. The number of anilines is 2. The van der Waals surface area contributed by atoms with Gasteiger partial charge in [-0.2, -0.15) is 0 Å². The first-order chi connectivity index (χ1) is 10.9. The average Bonchev–Trinajstić information content (AvgIpc) is 2.47. The summed E-state index contributed by atoms with van der Waals surface area (Å²) in [5.41, 5.74) is 2.70. The molecule has 6 heteroatoms. The number of hydrogen-bond acceptors (Lipinski definition) is 2. The molecule has 0 aliphatic rings. The van der Waals surface area contributed by atoms with Crippen LogP contribution in [0.15, 0.2) is 30.3 Å². The quantitative estimate of drug-likeness (QED) is 0.812. The second kappa shape index (κ2) is 7.17. The van der Waals surface area contributed by atoms with Gasteiger partial charge in [0.25, 0.3) is 0 Å². The monoisotopic (exact) mass is 322 g/mol. The fourth-order valence-electron chi connectivity index (χ4n) is 2.23. The van der Waals surface area contributed by atoms with Crippen molar-refractivity contribution in [1.82, 2.24) is 0 Å². The highest BCUT2D eigenvalue weighted by Gasteiger charge is 2.14. The van der Waals surface area contributed by atoms with Gasteiger partial charge < -0.3 is 10.6 Å². The van der Waals surface area contributed by atoms with Crippen LogP contribution in [0.5, 0.6) is 0 Å². The number of carbonyl (C=O) groups excluding carboxylic acids is 1. The summed E-state index contributed by atoms with van der Waals surface area (Å²) in [5.74, 6) is -4.79. The van der Waals surface area contributed by atoms with Gasteiger partial charge in [-0.25, -0.2) is 13.2 Å². The van der Waals surface area contributed by atoms with Gasteiger partial charge in [-0.15, -0.1) is 0 Å². The molecule has 0 saturated carbocycles. The summed E-state index contributed by atoms with van der Waals surface area (Å²) < 4.78 is 39.3. The van der Waals surface area contributed by atoms with Crippen LogP contribution >= 0.6 is 0 Å². The van der Waals surface area contributed by atoms with Gasteiger partial charge in [-0.1, -0.05) is 6.07 Å². The number of benzene rings is 2. The Labute approximate surface area is 132 Å². The van der Waals surface area contributed by atoms with Crippen molar-refractivity contribution >= 4 is 17.3 Å². The molecule has 0 radical (unpaired) electrons. The molecule has 0 bridgehead atoms. The molecule has 0 spiro atoms. The summed E-state index contributed by atoms with van der Waals surface area (Å²) in [4.78, 5) is 11.8. The molecule has 0 fully saturated rings. The van der Waals surface area contributed by atoms with Crippen LogP contribution < -0.4 is 10.6 Å². The fraction of sp³-hybridized carbons (Fsp3) is 0.235. The molecule has 0 heterocycles. The normalized spacial score (nSPS) is 10.5. The predicted molar refractivity (Wildman–Crippen MR) is 84.0 cm³/mol. The number of aryl methyl sites for hydroxylation is 2. The minimum absolute atomic E-state index is 0.0609. The van der Waals surface area contributed by atoms with E-state index in [0.717, 1.165) is 28.9 Å². The molecule has 0 saturated heterocycles. The number of nitrogens with one attached hydrogen (secondary N) is 2. The zero-order valence-electron chi connectivity index (χ0n) is 12.8. The lowest BCUT2D eigenvalue weighted by atomic mass is 10.1. The van der Waals surface area contributed by atoms with Gasteiger partial charge in [-0.3, -0.25) is 4.79 Å². The van der Waals surface area contributed by atoms with E-state index in [1.165, 1.54) is 0 Å². The van der Waals surface area contributed by atoms with Crippen LogP contribution in [-0.2, 0) is 4.79 Å². The van der Waals surface area contributed by atoms with Crippen LogP contribution in [0.25, 0.3) is 0 Å². The summed E-state index contributed by atoms with van der Waals surface area (Å²) in [6, 6.07) is 7.67. The zero-order valence-corrected chi connectivity index (χ0v) is 12.8. The van der Waals surface area contributed by atoms with Crippen LogP contribution in [0.4, 0.5) is 24.5 Å². The summed E-state index contributed by atoms with van der Waals surface area (Å²) >= 11 is 0. The molecule has 2 N–H and O–H groups in total. The Morgan fingerprint density at radius 3 is 2.30 bits per heavy atom. The highest BCUT2D eigenvalue weighted by molar-refractivity contribution is 5.91. The second-order valence-electron chi connectivity index (χ2n) is 5.32. The maximum Gasteiger partial charge on any atom is 0.226 e. The summed E-state index contributed by atoms with van der Waals surface area (Å²) in [6.07, 6.45) is 0.0609. The molecule has 122 valence electrons. The number of hydrogen-bond donors (Lipinski definition) is 2. The van der Waals surface area contributed by atoms with Crippen molar-refractivity contribution in [3.8, 4) is 0 Å². The van der Waals surface area contributed by atoms with Crippen molar-refractivity contribution in [3.05, 3.63) is 58.9 Å². The molecule has 23 heavy (non-hydrogen) atoms. The highest BCUT2D eigenvalue weighted by atomic mass is 19.2. The summed E-state index contributed by atoms with van der Waals surface area (Å²) in [6.45, 7) is 4.27. The van der Waals surface area contributed by atoms with E-state index < -0.39 is 23.4 Å². The van der Waals surface area contributed by atoms with Crippen LogP contribution in [0.3, 0.4) is 0 Å². The van der Waals surface area contributed by atoms with Crippen molar-refractivity contribution in [2.75, 3.05) is 17.2 Å². The molecule has 0 unspecified atom stereocenters. The minimum atomic E-state index is -1.60. The van der Waals surface area contributed by atoms with Crippen molar-refractivity contribution in [2.45, 2.75) is 20.3 Å². The number of amides is 1. The Morgan fingerprint density at radius 2 is 1.65 bits per heavy atom. The molecule has 0 aromatic heterocycles. The first kappa shape index (κ1) is 16.9. The molecule has 2 aromatic rings. The SMILES string of the molecule is Cc1cc(C)cc(NCCC(=O)Nc2ccc(F)c(F)c2F)c1. The standard InChI is InChI=1S/C17H17F3N2O/c1-10-7-11(2)9-12(8-10)21-6-5-15(23)22-14-4-3-13(18)16(19)17(14)20/h3-4,7-9,21H,5-6H2,1-2H3,(H,22,23). The Balaban J connectivity index is 1.89. The van der Waals surface area contributed by atoms with Crippen LogP contribution in [-0.4, -0.2) is 12.5 Å². The molecule has 3 nitrogen and oxygen atoms in total. The summed E-state index contributed by atoms with van der Waals surface area (Å²) in [7, 11) is 0. The number of rotatable bonds is 5. The van der Waals surface area contributed by atoms with Gasteiger partial charge in [0.05, 0.1) is 5.69 Å². The van der Waals surface area contributed by atoms with Crippen molar-refractivity contribution in [1.29, 1.82) is 0 Å². The third-order valence-corrected chi connectivity index (χ3v) is 3.21. The maximum absolute atomic E-state index is 13.5. The lowest BCUT2D eigenvalue weighted by Crippen LogP contribution is -2.17. The van der Waals surface area contributed by atoms with E-state index in [2.05, 4.69) is 10.6 Å². The zero-order chi connectivity index (χ0) is 17.0. The minimum Gasteiger partial charge on any atom is -0.385 e. The van der Waals surface area contributed by atoms with E-state index in [-0.39, 0.29) is 12.1 Å². The second-order valence-corrected chi connectivity index (χ2v) is 5.32. The number of carbonyl (C=O) groups is 1. The van der Waals surface area contributed by atoms with E-state index in [0.29, 0.717) is 6.54 Å². The van der Waals surface area contributed by atoms with Gasteiger partial charge in [0, 0.05) is 18.7 Å². The molecule has 0 aliphatic carbocycles. The van der Waals surface area contributed by atoms with Crippen molar-refractivity contribution < 1.29 is 18.0 Å². The van der Waals surface area contributed by atoms with E-state index >= 15 is 0 Å². The largest absolute Gasteiger partial charge is 0.385 e. The van der Waals surface area contributed by atoms with Crippen molar-refractivity contribution in [2.24, 2.45) is 0 Å². The molecule has 2 rings (SSSR count). The Morgan fingerprint density at radius 1 is 1.00 bits per heavy atom. The molecule has 0 aliphatic heterocycles. The Bertz CT molecular complexity index is 712. The lowest BCUT2D eigenvalue weighted by molar-refractivity contribution is -0.116. The molecule has 2 aromatic carbocycles. The van der Waals surface area contributed by atoms with E-state index in [9.17, 15) is 18.0 Å². The first-order valence-electron chi connectivity index (χ1n) is 7.12. The fourth-order valence-corrected chi connectivity index (χ4v) is 2.23. The van der Waals surface area contributed by atoms with Crippen LogP contribution in [0, 0.1) is 31.3 Å². The number of halogens is 3. The topological polar surface area (TPSA) is 41.1 Å². The highest BCUT2D eigenvalue weighted by Crippen LogP contribution is 2.19. The molecule has 0 atom stereocenters. The molecule has 1 amide bonds. The van der Waals surface area contributed by atoms with E-state index in [1.807, 2.05) is 32.0 Å². The van der Waals surface area contributed by atoms with E-state index in [1.54, 1.807) is 0 Å². The van der Waals surface area contributed by atoms with Gasteiger partial charge in [0.2, 0.25) is 5.91 Å². The van der Waals surface area contributed by atoms with Gasteiger partial charge >= 0.3 is 0 Å². The van der Waals surface area contributed by atoms with Gasteiger partial charge in [0.15, 0.2) is 17.5 Å². The molecular formula is C17H17F3N2O. The van der Waals surface area contributed by atoms with Gasteiger partial charge in [0.1, 0.15) is 0 Å². The Hall–Kier alpha value is -2.50. The molecular weight excluding hydrogens is 305 g/mol. The predicted octanol–water partition coefficient (Wildman–Crippen LogP) is 4.16. The third-order valence-electron chi connectivity index (χ3n) is 3.21.